The molecule has 1 rings (SSSR count). The molecule has 0 heterocycles. The van der Waals surface area contributed by atoms with Crippen molar-refractivity contribution in [1.29, 1.82) is 0 Å². The van der Waals surface area contributed by atoms with Crippen LogP contribution < -0.4 is 0 Å². The summed E-state index contributed by atoms with van der Waals surface area (Å²) < 4.78 is 24.8. The van der Waals surface area contributed by atoms with Gasteiger partial charge in [0.15, 0.2) is 0 Å². The van der Waals surface area contributed by atoms with Crippen LogP contribution in [0.25, 0.3) is 0 Å². The molecule has 0 amide bonds. The highest BCUT2D eigenvalue weighted by molar-refractivity contribution is 7.89. The molecule has 4 heteroatoms. The van der Waals surface area contributed by atoms with E-state index in [1.165, 1.54) is 9.87 Å². The highest BCUT2D eigenvalue weighted by atomic mass is 32.2. The average Bonchev–Trinajstić information content (AvgIpc) is 2.26. The Morgan fingerprint density at radius 2 is 1.69 bits per heavy atom. The van der Waals surface area contributed by atoms with Crippen LogP contribution in [0.4, 0.5) is 0 Å². The fourth-order valence-corrected chi connectivity index (χ4v) is 2.32. The van der Waals surface area contributed by atoms with Crippen molar-refractivity contribution < 1.29 is 8.42 Å². The minimum atomic E-state index is -3.28. The Balaban J connectivity index is 2.87. The Labute approximate surface area is 98.1 Å². The fourth-order valence-electron chi connectivity index (χ4n) is 1.42. The van der Waals surface area contributed by atoms with Gasteiger partial charge in [-0.1, -0.05) is 25.5 Å². The molecule has 0 unspecified atom stereocenters. The molecule has 90 valence electrons. The largest absolute Gasteiger partial charge is 0.242 e. The molecule has 0 bridgehead atoms. The lowest BCUT2D eigenvalue weighted by atomic mass is 10.1. The molecule has 1 aromatic rings. The summed E-state index contributed by atoms with van der Waals surface area (Å²) in [7, 11) is -0.197. The maximum Gasteiger partial charge on any atom is 0.242 e. The quantitative estimate of drug-likeness (QED) is 0.793. The molecule has 0 N–H and O–H groups in total. The third kappa shape index (κ3) is 3.06. The van der Waals surface area contributed by atoms with Gasteiger partial charge in [0.25, 0.3) is 0 Å². The van der Waals surface area contributed by atoms with Gasteiger partial charge < -0.3 is 0 Å². The molecule has 0 spiro atoms. The lowest BCUT2D eigenvalue weighted by Gasteiger charge is -2.11. The van der Waals surface area contributed by atoms with Crippen molar-refractivity contribution in [3.63, 3.8) is 0 Å². The van der Waals surface area contributed by atoms with E-state index in [0.717, 1.165) is 19.3 Å². The van der Waals surface area contributed by atoms with E-state index in [1.807, 2.05) is 12.1 Å². The van der Waals surface area contributed by atoms with Crippen LogP contribution in [0, 0.1) is 0 Å². The van der Waals surface area contributed by atoms with E-state index in [9.17, 15) is 8.42 Å². The Morgan fingerprint density at radius 3 is 2.12 bits per heavy atom. The molecular weight excluding hydrogens is 222 g/mol. The van der Waals surface area contributed by atoms with Gasteiger partial charge in [-0.15, -0.1) is 0 Å². The van der Waals surface area contributed by atoms with Crippen LogP contribution in [0.2, 0.25) is 0 Å². The molecule has 0 saturated heterocycles. The van der Waals surface area contributed by atoms with Crippen molar-refractivity contribution in [2.45, 2.75) is 31.1 Å². The zero-order valence-corrected chi connectivity index (χ0v) is 10.9. The summed E-state index contributed by atoms with van der Waals surface area (Å²) in [6.07, 6.45) is 3.30. The van der Waals surface area contributed by atoms with E-state index in [0.29, 0.717) is 4.90 Å². The predicted molar refractivity (Wildman–Crippen MR) is 65.9 cm³/mol. The lowest BCUT2D eigenvalue weighted by Crippen LogP contribution is -2.22. The van der Waals surface area contributed by atoms with Crippen molar-refractivity contribution in [3.8, 4) is 0 Å². The van der Waals surface area contributed by atoms with E-state index in [1.54, 1.807) is 26.2 Å². The summed E-state index contributed by atoms with van der Waals surface area (Å²) in [5, 5.41) is 0. The second-order valence-corrected chi connectivity index (χ2v) is 6.19. The Morgan fingerprint density at radius 1 is 1.12 bits per heavy atom. The van der Waals surface area contributed by atoms with Crippen molar-refractivity contribution in [2.24, 2.45) is 0 Å². The molecule has 3 nitrogen and oxygen atoms in total. The minimum Gasteiger partial charge on any atom is -0.207 e. The number of sulfonamides is 1. The van der Waals surface area contributed by atoms with Gasteiger partial charge in [-0.05, 0) is 30.5 Å². The number of hydrogen-bond acceptors (Lipinski definition) is 2. The molecule has 0 radical (unpaired) electrons. The lowest BCUT2D eigenvalue weighted by molar-refractivity contribution is 0.520. The first-order valence-electron chi connectivity index (χ1n) is 5.50. The van der Waals surface area contributed by atoms with Crippen LogP contribution in [0.3, 0.4) is 0 Å². The topological polar surface area (TPSA) is 37.4 Å². The highest BCUT2D eigenvalue weighted by Crippen LogP contribution is 2.15. The van der Waals surface area contributed by atoms with Gasteiger partial charge in [0, 0.05) is 14.1 Å². The fraction of sp³-hybridized carbons (Fsp3) is 0.500. The zero-order valence-electron chi connectivity index (χ0n) is 10.1. The molecule has 0 aliphatic carbocycles. The molecule has 0 atom stereocenters. The number of hydrogen-bond donors (Lipinski definition) is 0. The first-order chi connectivity index (χ1) is 7.48. The maximum absolute atomic E-state index is 11.8. The molecule has 0 fully saturated rings. The number of rotatable bonds is 5. The second kappa shape index (κ2) is 5.46. The van der Waals surface area contributed by atoms with Gasteiger partial charge in [-0.25, -0.2) is 12.7 Å². The number of unbranched alkanes of at least 4 members (excludes halogenated alkanes) is 1. The molecular formula is C12H19NO2S. The van der Waals surface area contributed by atoms with Gasteiger partial charge in [-0.3, -0.25) is 0 Å². The summed E-state index contributed by atoms with van der Waals surface area (Å²) in [5.74, 6) is 0. The van der Waals surface area contributed by atoms with Crippen LogP contribution in [-0.4, -0.2) is 26.8 Å². The van der Waals surface area contributed by atoms with Crippen LogP contribution in [0.5, 0.6) is 0 Å². The Hall–Kier alpha value is -0.870. The van der Waals surface area contributed by atoms with Crippen molar-refractivity contribution in [3.05, 3.63) is 29.8 Å². The third-order valence-electron chi connectivity index (χ3n) is 2.52. The number of aryl methyl sites for hydroxylation is 1. The van der Waals surface area contributed by atoms with E-state index in [2.05, 4.69) is 6.92 Å². The van der Waals surface area contributed by atoms with Crippen LogP contribution in [-0.2, 0) is 16.4 Å². The molecule has 16 heavy (non-hydrogen) atoms. The summed E-state index contributed by atoms with van der Waals surface area (Å²) in [4.78, 5) is 0.359. The predicted octanol–water partition coefficient (Wildman–Crippen LogP) is 2.28. The molecule has 0 saturated carbocycles. The summed E-state index contributed by atoms with van der Waals surface area (Å²) in [6.45, 7) is 2.14. The van der Waals surface area contributed by atoms with Crippen LogP contribution in [0.1, 0.15) is 25.3 Å². The Bertz CT molecular complexity index is 421. The first kappa shape index (κ1) is 13.2. The summed E-state index contributed by atoms with van der Waals surface area (Å²) in [6, 6.07) is 7.15. The van der Waals surface area contributed by atoms with Crippen molar-refractivity contribution in [2.75, 3.05) is 14.1 Å². The molecule has 1 aromatic carbocycles. The second-order valence-electron chi connectivity index (χ2n) is 4.03. The standard InChI is InChI=1S/C12H19NO2S/c1-4-5-6-11-7-9-12(10-8-11)16(14,15)13(2)3/h7-10H,4-6H2,1-3H3. The SMILES string of the molecule is CCCCc1ccc(S(=O)(=O)N(C)C)cc1. The Kier molecular flexibility index (Phi) is 4.50. The van der Waals surface area contributed by atoms with Gasteiger partial charge in [0.2, 0.25) is 10.0 Å². The van der Waals surface area contributed by atoms with E-state index >= 15 is 0 Å². The van der Waals surface area contributed by atoms with Crippen LogP contribution in [0.15, 0.2) is 29.2 Å². The minimum absolute atomic E-state index is 0.359. The smallest absolute Gasteiger partial charge is 0.207 e. The number of benzene rings is 1. The van der Waals surface area contributed by atoms with Gasteiger partial charge in [-0.2, -0.15) is 0 Å². The summed E-state index contributed by atoms with van der Waals surface area (Å²) in [5.41, 5.74) is 1.19. The summed E-state index contributed by atoms with van der Waals surface area (Å²) >= 11 is 0. The van der Waals surface area contributed by atoms with Gasteiger partial charge in [0.1, 0.15) is 0 Å². The normalized spacial score (nSPS) is 12.0. The molecule has 0 aliphatic rings. The number of nitrogens with zero attached hydrogens (tertiary/aromatic N) is 1. The first-order valence-corrected chi connectivity index (χ1v) is 6.94. The van der Waals surface area contributed by atoms with Gasteiger partial charge in [0.05, 0.1) is 4.90 Å². The zero-order chi connectivity index (χ0) is 12.2. The molecule has 0 aliphatic heterocycles. The van der Waals surface area contributed by atoms with Crippen LogP contribution >= 0.6 is 0 Å². The van der Waals surface area contributed by atoms with E-state index < -0.39 is 10.0 Å². The average molecular weight is 241 g/mol. The van der Waals surface area contributed by atoms with Crippen molar-refractivity contribution in [1.82, 2.24) is 4.31 Å². The van der Waals surface area contributed by atoms with E-state index in [4.69, 9.17) is 0 Å². The maximum atomic E-state index is 11.8. The highest BCUT2D eigenvalue weighted by Gasteiger charge is 2.16. The van der Waals surface area contributed by atoms with E-state index in [-0.39, 0.29) is 0 Å². The molecule has 0 aromatic heterocycles. The monoisotopic (exact) mass is 241 g/mol. The van der Waals surface area contributed by atoms with Gasteiger partial charge >= 0.3 is 0 Å². The van der Waals surface area contributed by atoms with Crippen molar-refractivity contribution >= 4 is 10.0 Å². The third-order valence-corrected chi connectivity index (χ3v) is 4.35.